The number of methoxy groups -OCH3 is 1. The largest absolute Gasteiger partial charge is 0.504 e. The first kappa shape index (κ1) is 18.7. The molecule has 2 aromatic rings. The van der Waals surface area contributed by atoms with E-state index in [0.717, 1.165) is 12.0 Å². The maximum absolute atomic E-state index is 12.6. The van der Waals surface area contributed by atoms with Crippen LogP contribution in [-0.4, -0.2) is 41.9 Å². The van der Waals surface area contributed by atoms with Crippen molar-refractivity contribution < 1.29 is 19.4 Å². The van der Waals surface area contributed by atoms with Gasteiger partial charge >= 0.3 is 5.97 Å². The molecule has 2 aliphatic heterocycles. The molecular weight excluding hydrogens is 382 g/mol. The number of nitrogens with zero attached hydrogens (tertiary/aromatic N) is 3. The van der Waals surface area contributed by atoms with Gasteiger partial charge in [-0.3, -0.25) is 9.79 Å². The predicted molar refractivity (Wildman–Crippen MR) is 112 cm³/mol. The lowest BCUT2D eigenvalue weighted by atomic mass is 9.85. The normalized spacial score (nSPS) is 25.9. The topological polar surface area (TPSA) is 83.7 Å². The second kappa shape index (κ2) is 7.16. The molecule has 2 aromatic carbocycles. The van der Waals surface area contributed by atoms with Gasteiger partial charge in [0, 0.05) is 12.1 Å². The van der Waals surface area contributed by atoms with E-state index >= 15 is 0 Å². The lowest BCUT2D eigenvalue weighted by molar-refractivity contribution is -0.143. The van der Waals surface area contributed by atoms with Crippen LogP contribution in [0.2, 0.25) is 0 Å². The fourth-order valence-electron chi connectivity index (χ4n) is 4.80. The van der Waals surface area contributed by atoms with Gasteiger partial charge in [0.2, 0.25) is 0 Å². The average Bonchev–Trinajstić information content (AvgIpc) is 3.35. The van der Waals surface area contributed by atoms with Crippen LogP contribution in [0.25, 0.3) is 0 Å². The number of carbonyl (C=O) groups excluding carboxylic acids is 1. The molecule has 7 heteroatoms. The maximum Gasteiger partial charge on any atom is 0.322 e. The molecule has 1 aliphatic carbocycles. The van der Waals surface area contributed by atoms with Crippen LogP contribution in [0.5, 0.6) is 11.5 Å². The van der Waals surface area contributed by atoms with Gasteiger partial charge in [-0.15, -0.1) is 0 Å². The zero-order valence-corrected chi connectivity index (χ0v) is 16.9. The Morgan fingerprint density at radius 1 is 1.27 bits per heavy atom. The highest BCUT2D eigenvalue weighted by Crippen LogP contribution is 2.52. The summed E-state index contributed by atoms with van der Waals surface area (Å²) in [5, 5.41) is 16.5. The fourth-order valence-corrected chi connectivity index (χ4v) is 4.80. The van der Waals surface area contributed by atoms with Gasteiger partial charge in [0.15, 0.2) is 17.4 Å². The van der Waals surface area contributed by atoms with Gasteiger partial charge in [-0.05, 0) is 42.2 Å². The van der Waals surface area contributed by atoms with Gasteiger partial charge in [0.1, 0.15) is 5.84 Å². The summed E-state index contributed by atoms with van der Waals surface area (Å²) in [6, 6.07) is 13.5. The first-order chi connectivity index (χ1) is 14.6. The molecule has 30 heavy (non-hydrogen) atoms. The molecule has 2 heterocycles. The Morgan fingerprint density at radius 3 is 2.90 bits per heavy atom. The minimum Gasteiger partial charge on any atom is -0.504 e. The molecule has 4 unspecified atom stereocenters. The van der Waals surface area contributed by atoms with Gasteiger partial charge in [-0.25, -0.2) is 5.01 Å². The number of hydrazone groups is 1. The lowest BCUT2D eigenvalue weighted by Crippen LogP contribution is -2.41. The molecule has 0 aromatic heterocycles. The number of phenolic OH excluding ortho intramolecular Hbond substituents is 1. The highest BCUT2D eigenvalue weighted by atomic mass is 16.5. The third-order valence-corrected chi connectivity index (χ3v) is 6.11. The zero-order chi connectivity index (χ0) is 20.8. The summed E-state index contributed by atoms with van der Waals surface area (Å²) in [6.07, 6.45) is 2.50. The highest BCUT2D eigenvalue weighted by molar-refractivity contribution is 6.16. The molecule has 7 nitrogen and oxygen atoms in total. The zero-order valence-electron chi connectivity index (χ0n) is 16.9. The van der Waals surface area contributed by atoms with Crippen LogP contribution in [0.15, 0.2) is 52.6 Å². The van der Waals surface area contributed by atoms with Crippen LogP contribution in [0, 0.1) is 11.8 Å². The quantitative estimate of drug-likeness (QED) is 0.790. The smallest absolute Gasteiger partial charge is 0.322 e. The van der Waals surface area contributed by atoms with E-state index in [1.807, 2.05) is 29.3 Å². The van der Waals surface area contributed by atoms with Crippen molar-refractivity contribution in [2.24, 2.45) is 21.9 Å². The molecule has 0 spiro atoms. The minimum atomic E-state index is -0.611. The third-order valence-electron chi connectivity index (χ3n) is 6.11. The van der Waals surface area contributed by atoms with Crippen molar-refractivity contribution in [3.05, 3.63) is 59.2 Å². The molecule has 0 fully saturated rings. The summed E-state index contributed by atoms with van der Waals surface area (Å²) in [7, 11) is 1.53. The Morgan fingerprint density at radius 2 is 2.10 bits per heavy atom. The summed E-state index contributed by atoms with van der Waals surface area (Å²) in [4.78, 5) is 17.6. The molecule has 0 saturated carbocycles. The van der Waals surface area contributed by atoms with Crippen molar-refractivity contribution in [1.29, 1.82) is 0 Å². The summed E-state index contributed by atoms with van der Waals surface area (Å²) in [6.45, 7) is 2.10. The van der Waals surface area contributed by atoms with Gasteiger partial charge in [0.25, 0.3) is 0 Å². The number of ether oxygens (including phenoxy) is 2. The van der Waals surface area contributed by atoms with E-state index in [1.165, 1.54) is 18.2 Å². The number of rotatable bonds is 4. The lowest BCUT2D eigenvalue weighted by Gasteiger charge is -2.38. The number of esters is 1. The SMILES string of the molecule is CCOC(=O)C1C=NN2C1=NC(c1ccc(O)c(OC)c1)C1Cc3ccccc3C12. The summed E-state index contributed by atoms with van der Waals surface area (Å²) in [5.74, 6) is 0.314. The number of carbonyl (C=O) groups is 1. The second-order valence-corrected chi connectivity index (χ2v) is 7.71. The number of phenols is 1. The van der Waals surface area contributed by atoms with E-state index in [9.17, 15) is 9.90 Å². The van der Waals surface area contributed by atoms with Crippen molar-refractivity contribution in [3.8, 4) is 11.5 Å². The molecule has 0 saturated heterocycles. The molecule has 5 rings (SSSR count). The number of benzene rings is 2. The van der Waals surface area contributed by atoms with E-state index < -0.39 is 5.92 Å². The highest BCUT2D eigenvalue weighted by Gasteiger charge is 2.50. The van der Waals surface area contributed by atoms with Crippen LogP contribution in [0.4, 0.5) is 0 Å². The Labute approximate surface area is 174 Å². The van der Waals surface area contributed by atoms with Crippen molar-refractivity contribution in [1.82, 2.24) is 5.01 Å². The number of hydrogen-bond acceptors (Lipinski definition) is 7. The van der Waals surface area contributed by atoms with Crippen molar-refractivity contribution >= 4 is 18.0 Å². The molecule has 3 aliphatic rings. The molecule has 4 atom stereocenters. The van der Waals surface area contributed by atoms with Gasteiger partial charge in [-0.2, -0.15) is 5.10 Å². The average molecular weight is 405 g/mol. The number of aromatic hydroxyl groups is 1. The monoisotopic (exact) mass is 405 g/mol. The molecular formula is C23H23N3O4. The molecule has 154 valence electrons. The van der Waals surface area contributed by atoms with Crippen LogP contribution < -0.4 is 4.74 Å². The number of hydrogen-bond donors (Lipinski definition) is 1. The molecule has 0 bridgehead atoms. The Kier molecular flexibility index (Phi) is 4.46. The van der Waals surface area contributed by atoms with E-state index in [4.69, 9.17) is 14.5 Å². The van der Waals surface area contributed by atoms with Crippen molar-refractivity contribution in [2.75, 3.05) is 13.7 Å². The summed E-state index contributed by atoms with van der Waals surface area (Å²) in [5.41, 5.74) is 3.43. The van der Waals surface area contributed by atoms with Gasteiger partial charge in [0.05, 0.1) is 25.8 Å². The predicted octanol–water partition coefficient (Wildman–Crippen LogP) is 3.25. The van der Waals surface area contributed by atoms with Crippen LogP contribution in [-0.2, 0) is 16.0 Å². The first-order valence-electron chi connectivity index (χ1n) is 10.1. The second-order valence-electron chi connectivity index (χ2n) is 7.71. The fraction of sp³-hybridized carbons (Fsp3) is 0.348. The third kappa shape index (κ3) is 2.76. The first-order valence-corrected chi connectivity index (χ1v) is 10.1. The summed E-state index contributed by atoms with van der Waals surface area (Å²) >= 11 is 0. The van der Waals surface area contributed by atoms with Gasteiger partial charge < -0.3 is 14.6 Å². The Hall–Kier alpha value is -3.35. The number of fused-ring (bicyclic) bond motifs is 5. The van der Waals surface area contributed by atoms with E-state index in [-0.39, 0.29) is 29.7 Å². The van der Waals surface area contributed by atoms with Crippen molar-refractivity contribution in [3.63, 3.8) is 0 Å². The van der Waals surface area contributed by atoms with Gasteiger partial charge in [-0.1, -0.05) is 30.3 Å². The standard InChI is InChI=1S/C23H23N3O4/c1-3-30-23(28)17-12-24-26-21-15-7-5-4-6-13(15)10-16(21)20(25-22(17)26)14-8-9-18(27)19(11-14)29-2/h4-9,11-12,16-17,20-21,27H,3,10H2,1-2H3. The minimum absolute atomic E-state index is 0.00539. The molecule has 0 radical (unpaired) electrons. The van der Waals surface area contributed by atoms with Crippen LogP contribution in [0.3, 0.4) is 0 Å². The van der Waals surface area contributed by atoms with Crippen LogP contribution in [0.1, 0.15) is 35.7 Å². The maximum atomic E-state index is 12.6. The Balaban J connectivity index is 1.62. The van der Waals surface area contributed by atoms with E-state index in [0.29, 0.717) is 18.2 Å². The van der Waals surface area contributed by atoms with Crippen molar-refractivity contribution in [2.45, 2.75) is 25.4 Å². The molecule has 1 N–H and O–H groups in total. The number of aliphatic imine (C=N–C) groups is 1. The Bertz CT molecular complexity index is 1060. The van der Waals surface area contributed by atoms with E-state index in [2.05, 4.69) is 17.2 Å². The van der Waals surface area contributed by atoms with Crippen LogP contribution >= 0.6 is 0 Å². The number of amidine groups is 1. The molecule has 0 amide bonds. The summed E-state index contributed by atoms with van der Waals surface area (Å²) < 4.78 is 10.6. The van der Waals surface area contributed by atoms with E-state index in [1.54, 1.807) is 19.2 Å².